The number of ether oxygens (including phenoxy) is 2. The molecule has 0 saturated heterocycles. The molecule has 1 amide bonds. The van der Waals surface area contributed by atoms with E-state index in [1.165, 1.54) is 10.9 Å². The van der Waals surface area contributed by atoms with Crippen LogP contribution < -0.4 is 9.47 Å². The fourth-order valence-electron chi connectivity index (χ4n) is 2.70. The highest BCUT2D eigenvalue weighted by Crippen LogP contribution is 2.32. The fourth-order valence-corrected chi connectivity index (χ4v) is 2.70. The first-order chi connectivity index (χ1) is 12.5. The van der Waals surface area contributed by atoms with Crippen LogP contribution in [0.1, 0.15) is 28.9 Å². The summed E-state index contributed by atoms with van der Waals surface area (Å²) in [5, 5.41) is 16.1. The topological polar surface area (TPSA) is 107 Å². The van der Waals surface area contributed by atoms with Gasteiger partial charge in [-0.15, -0.1) is 5.10 Å². The molecule has 1 aromatic heterocycles. The molecule has 9 heteroatoms. The van der Waals surface area contributed by atoms with Crippen molar-refractivity contribution < 1.29 is 24.2 Å². The molecule has 3 rings (SSSR count). The van der Waals surface area contributed by atoms with E-state index in [4.69, 9.17) is 14.6 Å². The largest absolute Gasteiger partial charge is 0.497 e. The number of methoxy groups -OCH3 is 2. The van der Waals surface area contributed by atoms with Gasteiger partial charge in [-0.05, 0) is 31.0 Å². The van der Waals surface area contributed by atoms with E-state index in [-0.39, 0.29) is 24.2 Å². The van der Waals surface area contributed by atoms with Gasteiger partial charge in [-0.25, -0.2) is 9.48 Å². The van der Waals surface area contributed by atoms with E-state index in [1.54, 1.807) is 31.3 Å². The number of aromatic nitrogens is 3. The number of benzene rings is 1. The Morgan fingerprint density at radius 1 is 1.31 bits per heavy atom. The number of carboxylic acids is 1. The SMILES string of the molecule is COc1ccc(OC)c(CN(C(=O)Cn2cc(C(=O)O)nn2)C2CC2)c1. The summed E-state index contributed by atoms with van der Waals surface area (Å²) >= 11 is 0. The van der Waals surface area contributed by atoms with Crippen LogP contribution in [0.25, 0.3) is 0 Å². The van der Waals surface area contributed by atoms with Crippen LogP contribution in [0.3, 0.4) is 0 Å². The van der Waals surface area contributed by atoms with Gasteiger partial charge in [0.1, 0.15) is 18.0 Å². The normalized spacial score (nSPS) is 13.3. The fraction of sp³-hybridized carbons (Fsp3) is 0.412. The predicted octanol–water partition coefficient (Wildman–Crippen LogP) is 1.18. The molecule has 1 saturated carbocycles. The smallest absolute Gasteiger partial charge is 0.358 e. The van der Waals surface area contributed by atoms with Gasteiger partial charge in [0.2, 0.25) is 5.91 Å². The third kappa shape index (κ3) is 3.93. The number of rotatable bonds is 8. The molecule has 0 unspecified atom stereocenters. The molecule has 1 aromatic carbocycles. The van der Waals surface area contributed by atoms with Gasteiger partial charge in [0.05, 0.1) is 20.4 Å². The lowest BCUT2D eigenvalue weighted by Crippen LogP contribution is -2.35. The third-order valence-corrected chi connectivity index (χ3v) is 4.19. The van der Waals surface area contributed by atoms with E-state index in [9.17, 15) is 9.59 Å². The second-order valence-corrected chi connectivity index (χ2v) is 6.04. The lowest BCUT2D eigenvalue weighted by molar-refractivity contribution is -0.133. The van der Waals surface area contributed by atoms with Gasteiger partial charge in [0.15, 0.2) is 5.69 Å². The highest BCUT2D eigenvalue weighted by molar-refractivity contribution is 5.84. The van der Waals surface area contributed by atoms with E-state index < -0.39 is 5.97 Å². The first-order valence-electron chi connectivity index (χ1n) is 8.15. The molecular formula is C17H20N4O5. The zero-order chi connectivity index (χ0) is 18.7. The number of carbonyl (C=O) groups excluding carboxylic acids is 1. The Labute approximate surface area is 150 Å². The van der Waals surface area contributed by atoms with Crippen molar-refractivity contribution >= 4 is 11.9 Å². The van der Waals surface area contributed by atoms with Crippen molar-refractivity contribution in [2.24, 2.45) is 0 Å². The maximum atomic E-state index is 12.7. The number of amides is 1. The molecule has 1 N–H and O–H groups in total. The summed E-state index contributed by atoms with van der Waals surface area (Å²) in [6, 6.07) is 5.62. The number of nitrogens with zero attached hydrogens (tertiary/aromatic N) is 4. The van der Waals surface area contributed by atoms with Gasteiger partial charge in [-0.1, -0.05) is 5.21 Å². The van der Waals surface area contributed by atoms with E-state index in [0.29, 0.717) is 18.0 Å². The van der Waals surface area contributed by atoms with Crippen LogP contribution >= 0.6 is 0 Å². The average molecular weight is 360 g/mol. The summed E-state index contributed by atoms with van der Waals surface area (Å²) in [6.07, 6.45) is 3.13. The second kappa shape index (κ2) is 7.42. The van der Waals surface area contributed by atoms with Gasteiger partial charge in [-0.3, -0.25) is 4.79 Å². The first-order valence-corrected chi connectivity index (χ1v) is 8.15. The summed E-state index contributed by atoms with van der Waals surface area (Å²) in [5.41, 5.74) is 0.655. The van der Waals surface area contributed by atoms with Crippen molar-refractivity contribution in [1.29, 1.82) is 0 Å². The van der Waals surface area contributed by atoms with Crippen LogP contribution in [-0.4, -0.2) is 57.1 Å². The number of hydrogen-bond acceptors (Lipinski definition) is 6. The van der Waals surface area contributed by atoms with Crippen LogP contribution in [0, 0.1) is 0 Å². The molecule has 0 aliphatic heterocycles. The summed E-state index contributed by atoms with van der Waals surface area (Å²) in [4.78, 5) is 25.4. The maximum Gasteiger partial charge on any atom is 0.358 e. The summed E-state index contributed by atoms with van der Waals surface area (Å²) < 4.78 is 11.9. The molecule has 1 aliphatic rings. The quantitative estimate of drug-likeness (QED) is 0.753. The number of carboxylic acid groups (broad SMARTS) is 1. The highest BCUT2D eigenvalue weighted by atomic mass is 16.5. The second-order valence-electron chi connectivity index (χ2n) is 6.04. The molecule has 138 valence electrons. The Morgan fingerprint density at radius 2 is 2.08 bits per heavy atom. The van der Waals surface area contributed by atoms with Crippen molar-refractivity contribution in [3.8, 4) is 11.5 Å². The van der Waals surface area contributed by atoms with Crippen LogP contribution in [0.4, 0.5) is 0 Å². The molecule has 1 heterocycles. The zero-order valence-corrected chi connectivity index (χ0v) is 14.6. The van der Waals surface area contributed by atoms with Crippen molar-refractivity contribution in [2.75, 3.05) is 14.2 Å². The van der Waals surface area contributed by atoms with Crippen LogP contribution in [-0.2, 0) is 17.9 Å². The minimum absolute atomic E-state index is 0.0664. The average Bonchev–Trinajstić information content (AvgIpc) is 3.37. The Hall–Kier alpha value is -3.10. The Morgan fingerprint density at radius 3 is 2.65 bits per heavy atom. The monoisotopic (exact) mass is 360 g/mol. The lowest BCUT2D eigenvalue weighted by Gasteiger charge is -2.23. The molecule has 1 fully saturated rings. The standard InChI is InChI=1S/C17H20N4O5/c1-25-13-5-6-15(26-2)11(7-13)8-21(12-3-4-12)16(22)10-20-9-14(17(23)24)18-19-20/h5-7,9,12H,3-4,8,10H2,1-2H3,(H,23,24). The van der Waals surface area contributed by atoms with Crippen molar-refractivity contribution in [1.82, 2.24) is 19.9 Å². The summed E-state index contributed by atoms with van der Waals surface area (Å²) in [6.45, 7) is 0.313. The zero-order valence-electron chi connectivity index (χ0n) is 14.6. The summed E-state index contributed by atoms with van der Waals surface area (Å²) in [7, 11) is 3.16. The van der Waals surface area contributed by atoms with Gasteiger partial charge in [0.25, 0.3) is 0 Å². The minimum atomic E-state index is -1.18. The molecule has 1 aliphatic carbocycles. The molecule has 26 heavy (non-hydrogen) atoms. The minimum Gasteiger partial charge on any atom is -0.497 e. The Balaban J connectivity index is 1.76. The lowest BCUT2D eigenvalue weighted by atomic mass is 10.1. The molecule has 0 atom stereocenters. The molecule has 0 spiro atoms. The molecule has 2 aromatic rings. The van der Waals surface area contributed by atoms with E-state index in [0.717, 1.165) is 18.4 Å². The summed E-state index contributed by atoms with van der Waals surface area (Å²) in [5.74, 6) is 0.0348. The molecular weight excluding hydrogens is 340 g/mol. The van der Waals surface area contributed by atoms with Crippen molar-refractivity contribution in [3.63, 3.8) is 0 Å². The molecule has 0 radical (unpaired) electrons. The highest BCUT2D eigenvalue weighted by Gasteiger charge is 2.33. The van der Waals surface area contributed by atoms with Gasteiger partial charge in [0, 0.05) is 18.2 Å². The van der Waals surface area contributed by atoms with Crippen molar-refractivity contribution in [3.05, 3.63) is 35.7 Å². The van der Waals surface area contributed by atoms with Crippen LogP contribution in [0.2, 0.25) is 0 Å². The molecule has 9 nitrogen and oxygen atoms in total. The Bertz CT molecular complexity index is 815. The number of carbonyl (C=O) groups is 2. The van der Waals surface area contributed by atoms with Gasteiger partial charge >= 0.3 is 5.97 Å². The first kappa shape index (κ1) is 17.7. The van der Waals surface area contributed by atoms with Gasteiger partial charge < -0.3 is 19.5 Å². The third-order valence-electron chi connectivity index (χ3n) is 4.19. The number of hydrogen-bond donors (Lipinski definition) is 1. The predicted molar refractivity (Wildman–Crippen MR) is 90.1 cm³/mol. The van der Waals surface area contributed by atoms with Crippen LogP contribution in [0.5, 0.6) is 11.5 Å². The van der Waals surface area contributed by atoms with Crippen molar-refractivity contribution in [2.45, 2.75) is 32.0 Å². The maximum absolute atomic E-state index is 12.7. The molecule has 0 bridgehead atoms. The van der Waals surface area contributed by atoms with E-state index in [2.05, 4.69) is 10.3 Å². The van der Waals surface area contributed by atoms with Crippen LogP contribution in [0.15, 0.2) is 24.4 Å². The van der Waals surface area contributed by atoms with Gasteiger partial charge in [-0.2, -0.15) is 0 Å². The number of aromatic carboxylic acids is 1. The Kier molecular flexibility index (Phi) is 5.06. The van der Waals surface area contributed by atoms with E-state index >= 15 is 0 Å². The van der Waals surface area contributed by atoms with E-state index in [1.807, 2.05) is 6.07 Å².